The second-order valence-corrected chi connectivity index (χ2v) is 7.29. The molecule has 1 heterocycles. The highest BCUT2D eigenvalue weighted by molar-refractivity contribution is 5.79. The Morgan fingerprint density at radius 1 is 1.20 bits per heavy atom. The molecule has 0 spiro atoms. The van der Waals surface area contributed by atoms with Gasteiger partial charge in [-0.15, -0.1) is 0 Å². The molecule has 25 heavy (non-hydrogen) atoms. The van der Waals surface area contributed by atoms with Gasteiger partial charge in [-0.25, -0.2) is 0 Å². The van der Waals surface area contributed by atoms with Crippen molar-refractivity contribution in [2.75, 3.05) is 26.8 Å². The summed E-state index contributed by atoms with van der Waals surface area (Å²) in [6.45, 7) is 2.26. The number of methoxy groups -OCH3 is 1. The van der Waals surface area contributed by atoms with Gasteiger partial charge in [-0.1, -0.05) is 6.07 Å². The Labute approximate surface area is 149 Å². The molecule has 2 fully saturated rings. The number of piperidine rings is 1. The highest BCUT2D eigenvalue weighted by Gasteiger charge is 2.31. The van der Waals surface area contributed by atoms with Gasteiger partial charge < -0.3 is 19.5 Å². The third kappa shape index (κ3) is 4.88. The quantitative estimate of drug-likeness (QED) is 0.890. The number of nitrogens with zero attached hydrogens (tertiary/aromatic N) is 1. The number of ether oxygens (including phenoxy) is 2. The molecule has 1 aromatic carbocycles. The maximum Gasteiger partial charge on any atom is 0.225 e. The Kier molecular flexibility index (Phi) is 6.19. The van der Waals surface area contributed by atoms with Crippen molar-refractivity contribution >= 4 is 5.91 Å². The van der Waals surface area contributed by atoms with Crippen LogP contribution in [0.25, 0.3) is 0 Å². The molecule has 1 saturated carbocycles. The first-order valence-electron chi connectivity index (χ1n) is 9.39. The molecule has 1 amide bonds. The van der Waals surface area contributed by atoms with Crippen molar-refractivity contribution in [1.29, 1.82) is 0 Å². The Hall–Kier alpha value is -1.75. The fourth-order valence-electron chi connectivity index (χ4n) is 3.89. The lowest BCUT2D eigenvalue weighted by atomic mass is 9.85. The van der Waals surface area contributed by atoms with Gasteiger partial charge in [0.05, 0.1) is 19.8 Å². The van der Waals surface area contributed by atoms with Crippen LogP contribution in [0.15, 0.2) is 24.3 Å². The minimum atomic E-state index is -0.214. The van der Waals surface area contributed by atoms with Crippen LogP contribution in [-0.2, 0) is 4.79 Å². The van der Waals surface area contributed by atoms with Crippen LogP contribution in [0.4, 0.5) is 0 Å². The van der Waals surface area contributed by atoms with Crippen LogP contribution < -0.4 is 9.47 Å². The summed E-state index contributed by atoms with van der Waals surface area (Å²) in [5.41, 5.74) is 0. The van der Waals surface area contributed by atoms with Crippen LogP contribution in [0.5, 0.6) is 11.5 Å². The number of carbonyl (C=O) groups excluding carboxylic acids is 1. The van der Waals surface area contributed by atoms with E-state index in [0.717, 1.165) is 63.1 Å². The fraction of sp³-hybridized carbons (Fsp3) is 0.650. The second kappa shape index (κ2) is 8.56. The summed E-state index contributed by atoms with van der Waals surface area (Å²) in [7, 11) is 1.65. The molecule has 1 aromatic rings. The number of hydrogen-bond donors (Lipinski definition) is 1. The van der Waals surface area contributed by atoms with E-state index in [2.05, 4.69) is 0 Å². The SMILES string of the molecule is COc1cccc(OC[C@@H]2CCCN(C(=O)C3CCC(O)CC3)C2)c1. The van der Waals surface area contributed by atoms with Crippen LogP contribution in [-0.4, -0.2) is 48.8 Å². The molecule has 1 aliphatic heterocycles. The van der Waals surface area contributed by atoms with Gasteiger partial charge in [0.25, 0.3) is 0 Å². The van der Waals surface area contributed by atoms with Crippen molar-refractivity contribution in [1.82, 2.24) is 4.90 Å². The highest BCUT2D eigenvalue weighted by Crippen LogP contribution is 2.28. The van der Waals surface area contributed by atoms with Crippen molar-refractivity contribution in [3.05, 3.63) is 24.3 Å². The number of benzene rings is 1. The standard InChI is InChI=1S/C20H29NO4/c1-24-18-5-2-6-19(12-18)25-14-15-4-3-11-21(13-15)20(23)16-7-9-17(22)10-8-16/h2,5-6,12,15-17,22H,3-4,7-11,13-14H2,1H3/t15-,16?,17?/m1/s1. The third-order valence-corrected chi connectivity index (χ3v) is 5.40. The molecule has 3 rings (SSSR count). The van der Waals surface area contributed by atoms with Gasteiger partial charge in [0, 0.05) is 31.0 Å². The molecule has 1 saturated heterocycles. The predicted molar refractivity (Wildman–Crippen MR) is 95.8 cm³/mol. The van der Waals surface area contributed by atoms with Crippen LogP contribution in [0.1, 0.15) is 38.5 Å². The average molecular weight is 347 g/mol. The lowest BCUT2D eigenvalue weighted by molar-refractivity contribution is -0.139. The Morgan fingerprint density at radius 3 is 2.72 bits per heavy atom. The number of rotatable bonds is 5. The van der Waals surface area contributed by atoms with E-state index in [1.54, 1.807) is 7.11 Å². The van der Waals surface area contributed by atoms with Crippen molar-refractivity contribution in [2.24, 2.45) is 11.8 Å². The number of aliphatic hydroxyl groups excluding tert-OH is 1. The summed E-state index contributed by atoms with van der Waals surface area (Å²) in [5, 5.41) is 9.63. The van der Waals surface area contributed by atoms with Gasteiger partial charge in [0.15, 0.2) is 0 Å². The van der Waals surface area contributed by atoms with Gasteiger partial charge in [-0.05, 0) is 50.7 Å². The monoisotopic (exact) mass is 347 g/mol. The second-order valence-electron chi connectivity index (χ2n) is 7.29. The minimum absolute atomic E-state index is 0.0986. The minimum Gasteiger partial charge on any atom is -0.497 e. The van der Waals surface area contributed by atoms with Crippen molar-refractivity contribution in [2.45, 2.75) is 44.6 Å². The molecule has 1 N–H and O–H groups in total. The molecule has 0 bridgehead atoms. The predicted octanol–water partition coefficient (Wildman–Crippen LogP) is 2.86. The zero-order chi connectivity index (χ0) is 17.6. The molecular weight excluding hydrogens is 318 g/mol. The molecular formula is C20H29NO4. The summed E-state index contributed by atoms with van der Waals surface area (Å²) in [4.78, 5) is 14.8. The van der Waals surface area contributed by atoms with E-state index < -0.39 is 0 Å². The number of likely N-dealkylation sites (tertiary alicyclic amines) is 1. The van der Waals surface area contributed by atoms with E-state index >= 15 is 0 Å². The first-order chi connectivity index (χ1) is 12.2. The normalized spacial score (nSPS) is 27.0. The Balaban J connectivity index is 1.49. The van der Waals surface area contributed by atoms with Gasteiger partial charge in [0.2, 0.25) is 5.91 Å². The van der Waals surface area contributed by atoms with Crippen LogP contribution in [0, 0.1) is 11.8 Å². The molecule has 1 aliphatic carbocycles. The number of amides is 1. The van der Waals surface area contributed by atoms with E-state index in [9.17, 15) is 9.90 Å². The van der Waals surface area contributed by atoms with Crippen molar-refractivity contribution in [3.63, 3.8) is 0 Å². The molecule has 0 unspecified atom stereocenters. The topological polar surface area (TPSA) is 59.0 Å². The number of aliphatic hydroxyl groups is 1. The van der Waals surface area contributed by atoms with Gasteiger partial charge >= 0.3 is 0 Å². The Morgan fingerprint density at radius 2 is 1.96 bits per heavy atom. The fourth-order valence-corrected chi connectivity index (χ4v) is 3.89. The molecule has 2 aliphatic rings. The average Bonchev–Trinajstić information content (AvgIpc) is 2.67. The van der Waals surface area contributed by atoms with Crippen LogP contribution in [0.2, 0.25) is 0 Å². The summed E-state index contributed by atoms with van der Waals surface area (Å²) < 4.78 is 11.1. The maximum absolute atomic E-state index is 12.8. The van der Waals surface area contributed by atoms with Gasteiger partial charge in [-0.2, -0.15) is 0 Å². The Bertz CT molecular complexity index is 569. The lowest BCUT2D eigenvalue weighted by Gasteiger charge is -2.36. The smallest absolute Gasteiger partial charge is 0.225 e. The van der Waals surface area contributed by atoms with Gasteiger partial charge in [0.1, 0.15) is 11.5 Å². The van der Waals surface area contributed by atoms with E-state index in [-0.39, 0.29) is 17.9 Å². The van der Waals surface area contributed by atoms with Crippen LogP contribution in [0.3, 0.4) is 0 Å². The molecule has 138 valence electrons. The zero-order valence-electron chi connectivity index (χ0n) is 15.0. The van der Waals surface area contributed by atoms with Crippen molar-refractivity contribution < 1.29 is 19.4 Å². The maximum atomic E-state index is 12.8. The van der Waals surface area contributed by atoms with E-state index in [1.807, 2.05) is 29.2 Å². The zero-order valence-corrected chi connectivity index (χ0v) is 15.0. The van der Waals surface area contributed by atoms with E-state index in [1.165, 1.54) is 0 Å². The van der Waals surface area contributed by atoms with E-state index in [4.69, 9.17) is 9.47 Å². The van der Waals surface area contributed by atoms with Gasteiger partial charge in [-0.3, -0.25) is 4.79 Å². The lowest BCUT2D eigenvalue weighted by Crippen LogP contribution is -2.45. The largest absolute Gasteiger partial charge is 0.497 e. The number of hydrogen-bond acceptors (Lipinski definition) is 4. The molecule has 5 nitrogen and oxygen atoms in total. The summed E-state index contributed by atoms with van der Waals surface area (Å²) >= 11 is 0. The summed E-state index contributed by atoms with van der Waals surface area (Å²) in [6.07, 6.45) is 5.07. The van der Waals surface area contributed by atoms with E-state index in [0.29, 0.717) is 12.5 Å². The summed E-state index contributed by atoms with van der Waals surface area (Å²) in [6, 6.07) is 7.64. The van der Waals surface area contributed by atoms with Crippen molar-refractivity contribution in [3.8, 4) is 11.5 Å². The molecule has 0 radical (unpaired) electrons. The molecule has 5 heteroatoms. The molecule has 0 aromatic heterocycles. The summed E-state index contributed by atoms with van der Waals surface area (Å²) in [5.74, 6) is 2.35. The first kappa shape index (κ1) is 18.1. The highest BCUT2D eigenvalue weighted by atomic mass is 16.5. The first-order valence-corrected chi connectivity index (χ1v) is 9.39. The number of carbonyl (C=O) groups is 1. The third-order valence-electron chi connectivity index (χ3n) is 5.40. The molecule has 1 atom stereocenters. The van der Waals surface area contributed by atoms with Crippen LogP contribution >= 0.6 is 0 Å².